The smallest absolute Gasteiger partial charge is 0.410 e. The molecule has 1 aromatic heterocycles. The van der Waals surface area contributed by atoms with E-state index in [1.165, 1.54) is 23.1 Å². The van der Waals surface area contributed by atoms with Crippen molar-refractivity contribution in [3.05, 3.63) is 59.7 Å². The highest BCUT2D eigenvalue weighted by Crippen LogP contribution is 2.33. The molecule has 170 valence electrons. The van der Waals surface area contributed by atoms with Crippen LogP contribution in [0.3, 0.4) is 0 Å². The number of fused-ring (bicyclic) bond motifs is 1. The van der Waals surface area contributed by atoms with E-state index >= 15 is 0 Å². The summed E-state index contributed by atoms with van der Waals surface area (Å²) >= 11 is 0. The van der Waals surface area contributed by atoms with Gasteiger partial charge in [-0.3, -0.25) is 5.10 Å². The zero-order valence-electron chi connectivity index (χ0n) is 18.1. The largest absolute Gasteiger partial charge is 0.465 e. The van der Waals surface area contributed by atoms with E-state index in [4.69, 9.17) is 14.2 Å². The molecule has 0 radical (unpaired) electrons. The molecular formula is C23H25F2N3O4. The summed E-state index contributed by atoms with van der Waals surface area (Å²) in [7, 11) is 0. The van der Waals surface area contributed by atoms with Gasteiger partial charge in [-0.05, 0) is 45.0 Å². The highest BCUT2D eigenvalue weighted by Gasteiger charge is 2.36. The number of nitrogens with one attached hydrogen (secondary N) is 1. The monoisotopic (exact) mass is 445 g/mol. The quantitative estimate of drug-likeness (QED) is 0.635. The lowest BCUT2D eigenvalue weighted by Gasteiger charge is -2.37. The summed E-state index contributed by atoms with van der Waals surface area (Å²) < 4.78 is 46.0. The van der Waals surface area contributed by atoms with Crippen molar-refractivity contribution in [3.8, 4) is 5.88 Å². The van der Waals surface area contributed by atoms with E-state index < -0.39 is 35.5 Å². The maximum atomic E-state index is 14.8. The van der Waals surface area contributed by atoms with E-state index in [2.05, 4.69) is 10.2 Å². The van der Waals surface area contributed by atoms with Gasteiger partial charge in [0.1, 0.15) is 23.3 Å². The first kappa shape index (κ1) is 22.0. The van der Waals surface area contributed by atoms with Crippen molar-refractivity contribution in [1.29, 1.82) is 0 Å². The van der Waals surface area contributed by atoms with Crippen molar-refractivity contribution >= 4 is 17.0 Å². The van der Waals surface area contributed by atoms with Crippen LogP contribution in [-0.4, -0.2) is 52.6 Å². The number of benzene rings is 2. The SMILES string of the molecule is CC(C)(C)OC(=O)N1CCOC(C(Oc2n[nH]c3ccc(F)cc23)c2ccccc2F)C1. The van der Waals surface area contributed by atoms with Gasteiger partial charge in [-0.15, -0.1) is 5.10 Å². The van der Waals surface area contributed by atoms with Crippen LogP contribution in [0.25, 0.3) is 10.9 Å². The van der Waals surface area contributed by atoms with Gasteiger partial charge in [0.2, 0.25) is 5.88 Å². The minimum Gasteiger partial charge on any atom is -0.465 e. The summed E-state index contributed by atoms with van der Waals surface area (Å²) in [6, 6.07) is 10.3. The minimum atomic E-state index is -0.934. The van der Waals surface area contributed by atoms with Crippen molar-refractivity contribution in [3.63, 3.8) is 0 Å². The molecule has 4 rings (SSSR count). The number of nitrogens with zero attached hydrogens (tertiary/aromatic N) is 2. The Kier molecular flexibility index (Phi) is 6.01. The van der Waals surface area contributed by atoms with Gasteiger partial charge in [0, 0.05) is 12.1 Å². The van der Waals surface area contributed by atoms with E-state index in [-0.39, 0.29) is 24.6 Å². The number of hydrogen-bond donors (Lipinski definition) is 1. The molecule has 0 saturated carbocycles. The second-order valence-electron chi connectivity index (χ2n) is 8.61. The molecule has 32 heavy (non-hydrogen) atoms. The van der Waals surface area contributed by atoms with E-state index in [0.717, 1.165) is 0 Å². The summed E-state index contributed by atoms with van der Waals surface area (Å²) in [5.74, 6) is -0.816. The minimum absolute atomic E-state index is 0.116. The third-order valence-corrected chi connectivity index (χ3v) is 5.02. The molecule has 1 amide bonds. The Labute approximate surface area is 184 Å². The van der Waals surface area contributed by atoms with Gasteiger partial charge in [0.15, 0.2) is 6.10 Å². The molecule has 1 aliphatic rings. The second-order valence-corrected chi connectivity index (χ2v) is 8.61. The number of amides is 1. The summed E-state index contributed by atoms with van der Waals surface area (Å²) in [5, 5.41) is 7.34. The van der Waals surface area contributed by atoms with Crippen LogP contribution in [0.4, 0.5) is 13.6 Å². The Bertz CT molecular complexity index is 1110. The van der Waals surface area contributed by atoms with Gasteiger partial charge in [0.05, 0.1) is 24.1 Å². The van der Waals surface area contributed by atoms with Crippen molar-refractivity contribution in [1.82, 2.24) is 15.1 Å². The molecule has 2 heterocycles. The maximum Gasteiger partial charge on any atom is 0.410 e. The summed E-state index contributed by atoms with van der Waals surface area (Å²) in [4.78, 5) is 14.1. The third kappa shape index (κ3) is 4.83. The number of hydrogen-bond acceptors (Lipinski definition) is 5. The molecule has 0 aliphatic carbocycles. The molecule has 9 heteroatoms. The van der Waals surface area contributed by atoms with Gasteiger partial charge >= 0.3 is 6.09 Å². The molecular weight excluding hydrogens is 420 g/mol. The number of ether oxygens (including phenoxy) is 3. The van der Waals surface area contributed by atoms with E-state index in [9.17, 15) is 13.6 Å². The number of aromatic amines is 1. The lowest BCUT2D eigenvalue weighted by molar-refractivity contribution is -0.0849. The first-order valence-electron chi connectivity index (χ1n) is 10.4. The molecule has 2 atom stereocenters. The Hall–Kier alpha value is -3.20. The van der Waals surface area contributed by atoms with Crippen LogP contribution in [0.15, 0.2) is 42.5 Å². The second kappa shape index (κ2) is 8.74. The molecule has 2 unspecified atom stereocenters. The Morgan fingerprint density at radius 3 is 2.78 bits per heavy atom. The van der Waals surface area contributed by atoms with E-state index in [0.29, 0.717) is 17.4 Å². The molecule has 1 N–H and O–H groups in total. The Morgan fingerprint density at radius 1 is 1.25 bits per heavy atom. The molecule has 3 aromatic rings. The van der Waals surface area contributed by atoms with Crippen molar-refractivity contribution in [2.75, 3.05) is 19.7 Å². The van der Waals surface area contributed by atoms with Crippen LogP contribution in [0, 0.1) is 11.6 Å². The lowest BCUT2D eigenvalue weighted by Crippen LogP contribution is -2.50. The maximum absolute atomic E-state index is 14.8. The molecule has 0 bridgehead atoms. The average Bonchev–Trinajstić information content (AvgIpc) is 3.13. The van der Waals surface area contributed by atoms with Crippen LogP contribution in [-0.2, 0) is 9.47 Å². The predicted octanol–water partition coefficient (Wildman–Crippen LogP) is 4.60. The molecule has 1 aliphatic heterocycles. The van der Waals surface area contributed by atoms with E-state index in [1.54, 1.807) is 45.0 Å². The van der Waals surface area contributed by atoms with E-state index in [1.807, 2.05) is 0 Å². The van der Waals surface area contributed by atoms with Crippen LogP contribution in [0.1, 0.15) is 32.4 Å². The van der Waals surface area contributed by atoms with Crippen molar-refractivity contribution in [2.45, 2.75) is 38.6 Å². The fourth-order valence-corrected chi connectivity index (χ4v) is 3.57. The van der Waals surface area contributed by atoms with Gasteiger partial charge < -0.3 is 19.1 Å². The average molecular weight is 445 g/mol. The van der Waals surface area contributed by atoms with Gasteiger partial charge in [-0.1, -0.05) is 18.2 Å². The van der Waals surface area contributed by atoms with Crippen LogP contribution in [0.5, 0.6) is 5.88 Å². The number of aromatic nitrogens is 2. The zero-order chi connectivity index (χ0) is 22.9. The van der Waals surface area contributed by atoms with Crippen LogP contribution < -0.4 is 4.74 Å². The third-order valence-electron chi connectivity index (χ3n) is 5.02. The highest BCUT2D eigenvalue weighted by atomic mass is 19.1. The Balaban J connectivity index is 1.65. The van der Waals surface area contributed by atoms with Gasteiger partial charge in [0.25, 0.3) is 0 Å². The lowest BCUT2D eigenvalue weighted by atomic mass is 10.0. The first-order valence-corrected chi connectivity index (χ1v) is 10.4. The predicted molar refractivity (Wildman–Crippen MR) is 113 cm³/mol. The number of carbonyl (C=O) groups excluding carboxylic acids is 1. The first-order chi connectivity index (χ1) is 15.2. The Morgan fingerprint density at radius 2 is 2.03 bits per heavy atom. The summed E-state index contributed by atoms with van der Waals surface area (Å²) in [6.07, 6.45) is -2.12. The standard InChI is InChI=1S/C23H25F2N3O4/c1-23(2,3)32-22(29)28-10-11-30-19(13-28)20(15-6-4-5-7-17(15)25)31-21-16-12-14(24)8-9-18(16)26-27-21/h4-9,12,19-20H,10-11,13H2,1-3H3,(H,26,27). The fraction of sp³-hybridized carbons (Fsp3) is 0.391. The number of morpholine rings is 1. The van der Waals surface area contributed by atoms with Gasteiger partial charge in [-0.2, -0.15) is 0 Å². The fourth-order valence-electron chi connectivity index (χ4n) is 3.57. The van der Waals surface area contributed by atoms with Crippen molar-refractivity contribution in [2.24, 2.45) is 0 Å². The van der Waals surface area contributed by atoms with Crippen LogP contribution in [0.2, 0.25) is 0 Å². The zero-order valence-corrected chi connectivity index (χ0v) is 18.1. The normalized spacial score (nSPS) is 17.9. The molecule has 1 saturated heterocycles. The molecule has 0 spiro atoms. The number of H-pyrrole nitrogens is 1. The van der Waals surface area contributed by atoms with Crippen LogP contribution >= 0.6 is 0 Å². The molecule has 1 fully saturated rings. The topological polar surface area (TPSA) is 76.7 Å². The number of halogens is 2. The van der Waals surface area contributed by atoms with Crippen molar-refractivity contribution < 1.29 is 27.8 Å². The number of carbonyl (C=O) groups is 1. The number of rotatable bonds is 4. The molecule has 7 nitrogen and oxygen atoms in total. The highest BCUT2D eigenvalue weighted by molar-refractivity contribution is 5.83. The summed E-state index contributed by atoms with van der Waals surface area (Å²) in [6.45, 7) is 6.06. The summed E-state index contributed by atoms with van der Waals surface area (Å²) in [5.41, 5.74) is 0.175. The molecule has 2 aromatic carbocycles. The van der Waals surface area contributed by atoms with Gasteiger partial charge in [-0.25, -0.2) is 13.6 Å².